The monoisotopic (exact) mass is 570 g/mol. The number of carbonyl (C=O) groups is 4. The van der Waals surface area contributed by atoms with Crippen LogP contribution in [0, 0.1) is 0 Å². The molecule has 4 heterocycles. The van der Waals surface area contributed by atoms with Crippen molar-refractivity contribution in [2.45, 2.75) is 69.6 Å². The molecule has 1 saturated heterocycles. The zero-order valence-corrected chi connectivity index (χ0v) is 24.1. The van der Waals surface area contributed by atoms with Crippen molar-refractivity contribution in [2.24, 2.45) is 0 Å². The van der Waals surface area contributed by atoms with Gasteiger partial charge in [-0.25, -0.2) is 14.6 Å². The van der Waals surface area contributed by atoms with Crippen LogP contribution in [0.4, 0.5) is 21.0 Å². The highest BCUT2D eigenvalue weighted by Gasteiger charge is 2.54. The molecule has 3 aliphatic heterocycles. The molecule has 0 saturated carbocycles. The standard InChI is InChI=1S/C30H34N8O4/c1-29(2,3)36-27(41)31-13-22-17-10-24(39)34-18-6-5-7-21(25(17)18)38(22)14-23-32-19-8-15-11-30(12-16(15)9-20(19)33-23)26(40)35-28(42)37(30)4/h5-9,17,22H,10-14H2,1-4H3,(H,32,33)(H,34,39)(H2,31,36,41)(H,35,40,42). The number of rotatable bonds is 4. The summed E-state index contributed by atoms with van der Waals surface area (Å²) in [6.45, 7) is 6.61. The van der Waals surface area contributed by atoms with Crippen LogP contribution < -0.4 is 26.2 Å². The van der Waals surface area contributed by atoms with E-state index >= 15 is 0 Å². The molecule has 1 fully saturated rings. The lowest BCUT2D eigenvalue weighted by Crippen LogP contribution is -2.51. The average Bonchev–Trinajstić information content (AvgIpc) is 3.61. The van der Waals surface area contributed by atoms with Crippen LogP contribution in [0.1, 0.15) is 55.6 Å². The predicted molar refractivity (Wildman–Crippen MR) is 156 cm³/mol. The molecule has 2 aromatic carbocycles. The minimum Gasteiger partial charge on any atom is -0.358 e. The molecule has 1 aromatic heterocycles. The number of nitrogens with zero attached hydrogens (tertiary/aromatic N) is 3. The van der Waals surface area contributed by atoms with E-state index in [1.165, 1.54) is 4.90 Å². The van der Waals surface area contributed by atoms with Gasteiger partial charge in [0, 0.05) is 61.2 Å². The highest BCUT2D eigenvalue weighted by molar-refractivity contribution is 6.08. The molecule has 42 heavy (non-hydrogen) atoms. The summed E-state index contributed by atoms with van der Waals surface area (Å²) < 4.78 is 0. The molecule has 0 radical (unpaired) electrons. The first-order chi connectivity index (χ1) is 19.9. The van der Waals surface area contributed by atoms with Gasteiger partial charge in [0.05, 0.1) is 23.6 Å². The van der Waals surface area contributed by atoms with Gasteiger partial charge >= 0.3 is 12.1 Å². The molecule has 7 rings (SSSR count). The quantitative estimate of drug-likeness (QED) is 0.304. The SMILES string of the molecule is CN1C(=O)NC(=O)C12Cc1cc3nc(CN4c5cccc6c5C(CC(=O)N6)C4CNC(=O)NC(C)(C)C)[nH]c3cc1C2. The Morgan fingerprint density at radius 3 is 2.60 bits per heavy atom. The Kier molecular flexibility index (Phi) is 5.60. The highest BCUT2D eigenvalue weighted by atomic mass is 16.2. The van der Waals surface area contributed by atoms with Gasteiger partial charge in [-0.1, -0.05) is 6.07 Å². The van der Waals surface area contributed by atoms with Gasteiger partial charge in [0.25, 0.3) is 5.91 Å². The van der Waals surface area contributed by atoms with Crippen molar-refractivity contribution in [1.29, 1.82) is 0 Å². The van der Waals surface area contributed by atoms with Crippen LogP contribution in [0.5, 0.6) is 0 Å². The number of aromatic amines is 1. The number of fused-ring (bicyclic) bond motifs is 2. The Labute approximate surface area is 242 Å². The van der Waals surface area contributed by atoms with E-state index in [1.54, 1.807) is 7.05 Å². The Bertz CT molecular complexity index is 1650. The number of amides is 6. The van der Waals surface area contributed by atoms with Crippen molar-refractivity contribution in [3.05, 3.63) is 52.8 Å². The van der Waals surface area contributed by atoms with Gasteiger partial charge in [-0.05, 0) is 56.2 Å². The molecule has 0 bridgehead atoms. The van der Waals surface area contributed by atoms with E-state index in [2.05, 4.69) is 37.2 Å². The number of carbonyl (C=O) groups excluding carboxylic acids is 4. The molecule has 12 heteroatoms. The molecule has 4 aliphatic rings. The van der Waals surface area contributed by atoms with Gasteiger partial charge in [-0.15, -0.1) is 0 Å². The number of urea groups is 2. The fraction of sp³-hybridized carbons (Fsp3) is 0.433. The summed E-state index contributed by atoms with van der Waals surface area (Å²) in [5, 5.41) is 11.4. The first-order valence-electron chi connectivity index (χ1n) is 14.3. The Balaban J connectivity index is 1.18. The molecule has 3 aromatic rings. The Hall–Kier alpha value is -4.61. The number of nitrogens with one attached hydrogen (secondary N) is 5. The number of hydrogen-bond acceptors (Lipinski definition) is 6. The lowest BCUT2D eigenvalue weighted by molar-refractivity contribution is -0.125. The molecule has 218 valence electrons. The predicted octanol–water partition coefficient (Wildman–Crippen LogP) is 2.49. The van der Waals surface area contributed by atoms with Gasteiger partial charge < -0.3 is 30.7 Å². The number of benzene rings is 2. The molecular formula is C30H34N8O4. The summed E-state index contributed by atoms with van der Waals surface area (Å²) in [6.07, 6.45) is 1.24. The van der Waals surface area contributed by atoms with Crippen LogP contribution in [-0.4, -0.2) is 69.5 Å². The minimum absolute atomic E-state index is 0.0324. The number of hydrogen-bond donors (Lipinski definition) is 5. The fourth-order valence-corrected chi connectivity index (χ4v) is 7.06. The lowest BCUT2D eigenvalue weighted by atomic mass is 9.87. The number of H-pyrrole nitrogens is 1. The van der Waals surface area contributed by atoms with Crippen molar-refractivity contribution in [2.75, 3.05) is 23.8 Å². The normalized spacial score (nSPS) is 22.0. The van der Waals surface area contributed by atoms with Crippen molar-refractivity contribution in [3.63, 3.8) is 0 Å². The van der Waals surface area contributed by atoms with E-state index in [4.69, 9.17) is 4.98 Å². The van der Waals surface area contributed by atoms with Gasteiger partial charge in [-0.2, -0.15) is 0 Å². The Morgan fingerprint density at radius 1 is 1.12 bits per heavy atom. The van der Waals surface area contributed by atoms with Gasteiger partial charge in [0.2, 0.25) is 5.91 Å². The molecule has 6 amide bonds. The molecular weight excluding hydrogens is 536 g/mol. The minimum atomic E-state index is -0.885. The second kappa shape index (κ2) is 8.94. The molecule has 5 N–H and O–H groups in total. The fourth-order valence-electron chi connectivity index (χ4n) is 7.06. The van der Waals surface area contributed by atoms with Crippen LogP contribution in [0.2, 0.25) is 0 Å². The topological polar surface area (TPSA) is 152 Å². The largest absolute Gasteiger partial charge is 0.358 e. The van der Waals surface area contributed by atoms with E-state index in [1.807, 2.05) is 45.0 Å². The molecule has 1 aliphatic carbocycles. The summed E-state index contributed by atoms with van der Waals surface area (Å²) in [4.78, 5) is 62.3. The van der Waals surface area contributed by atoms with Crippen LogP contribution in [0.15, 0.2) is 30.3 Å². The summed E-state index contributed by atoms with van der Waals surface area (Å²) in [7, 11) is 1.67. The van der Waals surface area contributed by atoms with Crippen LogP contribution in [0.25, 0.3) is 11.0 Å². The van der Waals surface area contributed by atoms with Crippen molar-refractivity contribution in [3.8, 4) is 0 Å². The van der Waals surface area contributed by atoms with E-state index in [0.717, 1.165) is 44.9 Å². The Morgan fingerprint density at radius 2 is 1.88 bits per heavy atom. The third-order valence-corrected chi connectivity index (χ3v) is 9.00. The third kappa shape index (κ3) is 4.07. The number of anilines is 2. The lowest BCUT2D eigenvalue weighted by Gasteiger charge is -2.31. The maximum absolute atomic E-state index is 12.7. The smallest absolute Gasteiger partial charge is 0.324 e. The summed E-state index contributed by atoms with van der Waals surface area (Å²) in [5.74, 6) is 0.400. The van der Waals surface area contributed by atoms with Crippen molar-refractivity contribution < 1.29 is 19.2 Å². The summed E-state index contributed by atoms with van der Waals surface area (Å²) in [6, 6.07) is 9.19. The van der Waals surface area contributed by atoms with Crippen LogP contribution in [-0.2, 0) is 29.0 Å². The zero-order valence-electron chi connectivity index (χ0n) is 24.1. The molecule has 1 spiro atoms. The maximum atomic E-state index is 12.7. The van der Waals surface area contributed by atoms with E-state index < -0.39 is 5.54 Å². The number of likely N-dealkylation sites (N-methyl/N-ethyl adjacent to an activating group) is 1. The number of imide groups is 1. The maximum Gasteiger partial charge on any atom is 0.324 e. The second-order valence-corrected chi connectivity index (χ2v) is 12.9. The number of aromatic nitrogens is 2. The van der Waals surface area contributed by atoms with Gasteiger partial charge in [-0.3, -0.25) is 14.9 Å². The summed E-state index contributed by atoms with van der Waals surface area (Å²) >= 11 is 0. The highest BCUT2D eigenvalue weighted by Crippen LogP contribution is 2.49. The first-order valence-corrected chi connectivity index (χ1v) is 14.3. The van der Waals surface area contributed by atoms with Crippen LogP contribution >= 0.6 is 0 Å². The zero-order chi connectivity index (χ0) is 29.6. The second-order valence-electron chi connectivity index (χ2n) is 12.9. The molecule has 3 atom stereocenters. The van der Waals surface area contributed by atoms with E-state index in [0.29, 0.717) is 32.4 Å². The van der Waals surface area contributed by atoms with Crippen molar-refractivity contribution >= 4 is 46.3 Å². The van der Waals surface area contributed by atoms with Gasteiger partial charge in [0.15, 0.2) is 0 Å². The van der Waals surface area contributed by atoms with E-state index in [-0.39, 0.29) is 41.4 Å². The summed E-state index contributed by atoms with van der Waals surface area (Å²) in [5.41, 5.74) is 5.35. The molecule has 3 unspecified atom stereocenters. The van der Waals surface area contributed by atoms with Gasteiger partial charge in [0.1, 0.15) is 11.4 Å². The van der Waals surface area contributed by atoms with E-state index in [9.17, 15) is 19.2 Å². The molecule has 12 nitrogen and oxygen atoms in total. The van der Waals surface area contributed by atoms with Crippen molar-refractivity contribution in [1.82, 2.24) is 30.8 Å². The third-order valence-electron chi connectivity index (χ3n) is 9.00. The first kappa shape index (κ1) is 26.3. The van der Waals surface area contributed by atoms with Crippen LogP contribution in [0.3, 0.4) is 0 Å². The number of imidazole rings is 1. The average molecular weight is 571 g/mol.